The van der Waals surface area contributed by atoms with Crippen molar-refractivity contribution in [3.63, 3.8) is 0 Å². The van der Waals surface area contributed by atoms with E-state index in [4.69, 9.17) is 18.7 Å². The Labute approximate surface area is 185 Å². The predicted octanol–water partition coefficient (Wildman–Crippen LogP) is 4.26. The number of carbonyl (C=O) groups is 1. The maximum Gasteiger partial charge on any atom is 0.356 e. The highest BCUT2D eigenvalue weighted by Crippen LogP contribution is 2.31. The Balaban J connectivity index is 1.41. The molecule has 0 atom stereocenters. The van der Waals surface area contributed by atoms with E-state index in [0.29, 0.717) is 28.6 Å². The van der Waals surface area contributed by atoms with E-state index in [1.54, 1.807) is 38.5 Å². The van der Waals surface area contributed by atoms with Crippen LogP contribution in [0.15, 0.2) is 57.5 Å². The van der Waals surface area contributed by atoms with Crippen LogP contribution in [0.2, 0.25) is 0 Å². The fourth-order valence-corrected chi connectivity index (χ4v) is 3.07. The van der Waals surface area contributed by atoms with Gasteiger partial charge in [-0.25, -0.2) is 4.79 Å². The lowest BCUT2D eigenvalue weighted by molar-refractivity contribution is 0.0423. The van der Waals surface area contributed by atoms with E-state index in [1.165, 1.54) is 0 Å². The van der Waals surface area contributed by atoms with Gasteiger partial charge in [-0.3, -0.25) is 5.10 Å². The van der Waals surface area contributed by atoms with Gasteiger partial charge in [0.25, 0.3) is 5.89 Å². The number of ether oxygens (including phenoxy) is 3. The van der Waals surface area contributed by atoms with Crippen molar-refractivity contribution in [2.45, 2.75) is 6.61 Å². The second kappa shape index (κ2) is 9.00. The SMILES string of the molecule is COc1ccc(-c2noc(COC(=O)c3cc(-c4ccc(Br)cc4)n[nH]3)n2)cc1OC. The first-order valence-corrected chi connectivity index (χ1v) is 9.90. The average molecular weight is 485 g/mol. The van der Waals surface area contributed by atoms with Crippen molar-refractivity contribution < 1.29 is 23.5 Å². The van der Waals surface area contributed by atoms with E-state index in [9.17, 15) is 4.79 Å². The van der Waals surface area contributed by atoms with Crippen molar-refractivity contribution in [2.24, 2.45) is 0 Å². The predicted molar refractivity (Wildman–Crippen MR) is 114 cm³/mol. The number of rotatable bonds is 7. The lowest BCUT2D eigenvalue weighted by Gasteiger charge is -2.07. The second-order valence-corrected chi connectivity index (χ2v) is 7.25. The zero-order valence-corrected chi connectivity index (χ0v) is 18.2. The lowest BCUT2D eigenvalue weighted by Crippen LogP contribution is -2.05. The van der Waals surface area contributed by atoms with Crippen LogP contribution in [-0.4, -0.2) is 40.5 Å². The average Bonchev–Trinajstić information content (AvgIpc) is 3.48. The first-order chi connectivity index (χ1) is 15.1. The highest BCUT2D eigenvalue weighted by molar-refractivity contribution is 9.10. The third kappa shape index (κ3) is 4.58. The van der Waals surface area contributed by atoms with Gasteiger partial charge in [-0.15, -0.1) is 0 Å². The van der Waals surface area contributed by atoms with Crippen LogP contribution < -0.4 is 9.47 Å². The minimum absolute atomic E-state index is 0.158. The van der Waals surface area contributed by atoms with Crippen LogP contribution in [0.4, 0.5) is 0 Å². The first kappa shape index (κ1) is 20.6. The number of benzene rings is 2. The van der Waals surface area contributed by atoms with Gasteiger partial charge in [-0.2, -0.15) is 10.1 Å². The van der Waals surface area contributed by atoms with Crippen LogP contribution in [0.25, 0.3) is 22.6 Å². The maximum absolute atomic E-state index is 12.3. The largest absolute Gasteiger partial charge is 0.493 e. The van der Waals surface area contributed by atoms with Crippen molar-refractivity contribution in [3.8, 4) is 34.1 Å². The Morgan fingerprint density at radius 1 is 1.03 bits per heavy atom. The molecular formula is C21H17BrN4O5. The molecule has 0 unspecified atom stereocenters. The van der Waals surface area contributed by atoms with Gasteiger partial charge in [-0.05, 0) is 36.4 Å². The van der Waals surface area contributed by atoms with Crippen molar-refractivity contribution in [3.05, 3.63) is 64.6 Å². The number of carbonyl (C=O) groups excluding carboxylic acids is 1. The molecule has 0 aliphatic rings. The zero-order valence-electron chi connectivity index (χ0n) is 16.6. The van der Waals surface area contributed by atoms with Crippen LogP contribution in [0, 0.1) is 0 Å². The van der Waals surface area contributed by atoms with Crippen LogP contribution in [0.1, 0.15) is 16.4 Å². The molecule has 9 nitrogen and oxygen atoms in total. The summed E-state index contributed by atoms with van der Waals surface area (Å²) in [6.07, 6.45) is 0. The van der Waals surface area contributed by atoms with Crippen LogP contribution in [-0.2, 0) is 11.3 Å². The molecule has 2 aromatic heterocycles. The number of aromatic nitrogens is 4. The number of H-pyrrole nitrogens is 1. The molecule has 0 amide bonds. The van der Waals surface area contributed by atoms with E-state index in [-0.39, 0.29) is 18.2 Å². The number of methoxy groups -OCH3 is 2. The molecule has 158 valence electrons. The van der Waals surface area contributed by atoms with Gasteiger partial charge >= 0.3 is 5.97 Å². The first-order valence-electron chi connectivity index (χ1n) is 9.11. The van der Waals surface area contributed by atoms with Gasteiger partial charge in [0.05, 0.1) is 19.9 Å². The summed E-state index contributed by atoms with van der Waals surface area (Å²) in [7, 11) is 3.10. The number of esters is 1. The Bertz CT molecular complexity index is 1200. The summed E-state index contributed by atoms with van der Waals surface area (Å²) in [5.74, 6) is 1.04. The van der Waals surface area contributed by atoms with Gasteiger partial charge in [0.2, 0.25) is 5.82 Å². The molecule has 0 aliphatic heterocycles. The lowest BCUT2D eigenvalue weighted by atomic mass is 10.1. The van der Waals surface area contributed by atoms with Gasteiger partial charge in [0.15, 0.2) is 18.1 Å². The molecule has 4 aromatic rings. The molecular weight excluding hydrogens is 468 g/mol. The summed E-state index contributed by atoms with van der Waals surface area (Å²) in [5, 5.41) is 10.8. The molecule has 4 rings (SSSR count). The third-order valence-corrected chi connectivity index (χ3v) is 4.90. The topological polar surface area (TPSA) is 112 Å². The molecule has 0 saturated heterocycles. The van der Waals surface area contributed by atoms with Crippen molar-refractivity contribution in [1.82, 2.24) is 20.3 Å². The van der Waals surface area contributed by atoms with E-state index in [0.717, 1.165) is 10.0 Å². The number of aromatic amines is 1. The van der Waals surface area contributed by atoms with Crippen molar-refractivity contribution >= 4 is 21.9 Å². The summed E-state index contributed by atoms with van der Waals surface area (Å²) in [4.78, 5) is 16.6. The van der Waals surface area contributed by atoms with Crippen LogP contribution in [0.5, 0.6) is 11.5 Å². The standard InChI is InChI=1S/C21H17BrN4O5/c1-28-17-8-5-13(9-18(17)29-2)20-23-19(31-26-20)11-30-21(27)16-10-15(24-25-16)12-3-6-14(22)7-4-12/h3-10H,11H2,1-2H3,(H,24,25). The summed E-state index contributed by atoms with van der Waals surface area (Å²) in [6, 6.07) is 14.4. The van der Waals surface area contributed by atoms with E-state index in [2.05, 4.69) is 36.3 Å². The normalized spacial score (nSPS) is 10.7. The van der Waals surface area contributed by atoms with E-state index in [1.807, 2.05) is 24.3 Å². The fourth-order valence-electron chi connectivity index (χ4n) is 2.81. The van der Waals surface area contributed by atoms with Crippen LogP contribution >= 0.6 is 15.9 Å². The smallest absolute Gasteiger partial charge is 0.356 e. The molecule has 0 saturated carbocycles. The molecule has 2 aromatic carbocycles. The molecule has 0 aliphatic carbocycles. The van der Waals surface area contributed by atoms with Gasteiger partial charge < -0.3 is 18.7 Å². The molecule has 0 spiro atoms. The van der Waals surface area contributed by atoms with Gasteiger partial charge in [0, 0.05) is 15.6 Å². The minimum atomic E-state index is -0.582. The van der Waals surface area contributed by atoms with E-state index >= 15 is 0 Å². The summed E-state index contributed by atoms with van der Waals surface area (Å²) in [6.45, 7) is -0.175. The van der Waals surface area contributed by atoms with Crippen molar-refractivity contribution in [2.75, 3.05) is 14.2 Å². The minimum Gasteiger partial charge on any atom is -0.493 e. The number of halogens is 1. The summed E-state index contributed by atoms with van der Waals surface area (Å²) in [5.41, 5.74) is 2.40. The molecule has 2 heterocycles. The quantitative estimate of drug-likeness (QED) is 0.387. The summed E-state index contributed by atoms with van der Waals surface area (Å²) >= 11 is 3.39. The Hall–Kier alpha value is -3.66. The summed E-state index contributed by atoms with van der Waals surface area (Å²) < 4.78 is 21.9. The highest BCUT2D eigenvalue weighted by atomic mass is 79.9. The molecule has 0 fully saturated rings. The molecule has 1 N–H and O–H groups in total. The second-order valence-electron chi connectivity index (χ2n) is 6.33. The van der Waals surface area contributed by atoms with Crippen LogP contribution in [0.3, 0.4) is 0 Å². The maximum atomic E-state index is 12.3. The number of hydrogen-bond acceptors (Lipinski definition) is 8. The number of nitrogens with zero attached hydrogens (tertiary/aromatic N) is 3. The van der Waals surface area contributed by atoms with Gasteiger partial charge in [-0.1, -0.05) is 33.2 Å². The van der Waals surface area contributed by atoms with Gasteiger partial charge in [0.1, 0.15) is 5.69 Å². The molecule has 31 heavy (non-hydrogen) atoms. The van der Waals surface area contributed by atoms with E-state index < -0.39 is 5.97 Å². The molecule has 0 radical (unpaired) electrons. The Morgan fingerprint density at radius 3 is 2.52 bits per heavy atom. The third-order valence-electron chi connectivity index (χ3n) is 4.37. The number of hydrogen-bond donors (Lipinski definition) is 1. The molecule has 0 bridgehead atoms. The Morgan fingerprint density at radius 2 is 1.77 bits per heavy atom. The monoisotopic (exact) mass is 484 g/mol. The molecule has 10 heteroatoms. The Kier molecular flexibility index (Phi) is 5.99. The zero-order chi connectivity index (χ0) is 21.8. The highest BCUT2D eigenvalue weighted by Gasteiger charge is 2.16. The fraction of sp³-hybridized carbons (Fsp3) is 0.143. The van der Waals surface area contributed by atoms with Crippen molar-refractivity contribution in [1.29, 1.82) is 0 Å². The number of nitrogens with one attached hydrogen (secondary N) is 1.